The highest BCUT2D eigenvalue weighted by Crippen LogP contribution is 2.18. The number of benzene rings is 1. The third-order valence-corrected chi connectivity index (χ3v) is 2.69. The van der Waals surface area contributed by atoms with Crippen molar-refractivity contribution in [2.45, 2.75) is 26.2 Å². The molecule has 1 atom stereocenters. The van der Waals surface area contributed by atoms with Crippen LogP contribution in [0.1, 0.15) is 31.7 Å². The van der Waals surface area contributed by atoms with E-state index in [2.05, 4.69) is 13.8 Å². The van der Waals surface area contributed by atoms with Gasteiger partial charge in [0.15, 0.2) is 0 Å². The Balaban J connectivity index is 2.40. The molecule has 1 aromatic carbocycles. The summed E-state index contributed by atoms with van der Waals surface area (Å²) in [5.41, 5.74) is 6.82. The van der Waals surface area contributed by atoms with Crippen LogP contribution in [0.3, 0.4) is 0 Å². The van der Waals surface area contributed by atoms with Crippen molar-refractivity contribution in [2.24, 2.45) is 11.7 Å². The summed E-state index contributed by atoms with van der Waals surface area (Å²) in [6, 6.07) is 6.56. The van der Waals surface area contributed by atoms with E-state index in [-0.39, 0.29) is 11.7 Å². The molecule has 0 aliphatic carbocycles. The van der Waals surface area contributed by atoms with Gasteiger partial charge in [-0.25, -0.2) is 4.39 Å². The van der Waals surface area contributed by atoms with E-state index in [9.17, 15) is 4.39 Å². The van der Waals surface area contributed by atoms with Gasteiger partial charge in [-0.1, -0.05) is 26.0 Å². The molecule has 0 amide bonds. The van der Waals surface area contributed by atoms with Crippen LogP contribution in [0.25, 0.3) is 0 Å². The molecule has 0 heterocycles. The predicted octanol–water partition coefficient (Wildman–Crippen LogP) is 2.93. The Hall–Kier alpha value is -0.930. The number of rotatable bonds is 7. The molecule has 3 heteroatoms. The second kappa shape index (κ2) is 7.41. The summed E-state index contributed by atoms with van der Waals surface area (Å²) >= 11 is 0. The highest BCUT2D eigenvalue weighted by molar-refractivity contribution is 5.20. The van der Waals surface area contributed by atoms with Crippen molar-refractivity contribution in [1.82, 2.24) is 0 Å². The third-order valence-electron chi connectivity index (χ3n) is 2.69. The minimum atomic E-state index is -0.208. The minimum Gasteiger partial charge on any atom is -0.381 e. The van der Waals surface area contributed by atoms with Gasteiger partial charge < -0.3 is 10.5 Å². The number of hydrogen-bond acceptors (Lipinski definition) is 2. The van der Waals surface area contributed by atoms with E-state index in [1.54, 1.807) is 12.1 Å². The fraction of sp³-hybridized carbons (Fsp3) is 0.571. The summed E-state index contributed by atoms with van der Waals surface area (Å²) in [4.78, 5) is 0. The van der Waals surface area contributed by atoms with Gasteiger partial charge in [-0.15, -0.1) is 0 Å². The van der Waals surface area contributed by atoms with Gasteiger partial charge in [0.2, 0.25) is 0 Å². The zero-order valence-electron chi connectivity index (χ0n) is 10.7. The molecule has 0 aliphatic heterocycles. The smallest absolute Gasteiger partial charge is 0.123 e. The molecule has 2 nitrogen and oxygen atoms in total. The molecule has 0 aromatic heterocycles. The average Bonchev–Trinajstić information content (AvgIpc) is 2.30. The molecule has 2 N–H and O–H groups in total. The Morgan fingerprint density at radius 3 is 2.41 bits per heavy atom. The van der Waals surface area contributed by atoms with Gasteiger partial charge in [-0.3, -0.25) is 0 Å². The second-order valence-corrected chi connectivity index (χ2v) is 4.74. The van der Waals surface area contributed by atoms with Gasteiger partial charge in [0, 0.05) is 13.2 Å². The molecule has 0 fully saturated rings. The summed E-state index contributed by atoms with van der Waals surface area (Å²) < 4.78 is 18.3. The highest BCUT2D eigenvalue weighted by atomic mass is 19.1. The SMILES string of the molecule is CC(C)COCCC(CN)c1ccc(F)cc1. The highest BCUT2D eigenvalue weighted by Gasteiger charge is 2.09. The predicted molar refractivity (Wildman–Crippen MR) is 68.5 cm³/mol. The van der Waals surface area contributed by atoms with Gasteiger partial charge in [-0.2, -0.15) is 0 Å². The average molecular weight is 239 g/mol. The van der Waals surface area contributed by atoms with Crippen LogP contribution in [0, 0.1) is 11.7 Å². The van der Waals surface area contributed by atoms with Crippen molar-refractivity contribution >= 4 is 0 Å². The van der Waals surface area contributed by atoms with E-state index in [1.807, 2.05) is 0 Å². The van der Waals surface area contributed by atoms with Crippen LogP contribution in [-0.2, 0) is 4.74 Å². The Morgan fingerprint density at radius 1 is 1.24 bits per heavy atom. The molecule has 0 bridgehead atoms. The van der Waals surface area contributed by atoms with Crippen LogP contribution in [0.15, 0.2) is 24.3 Å². The summed E-state index contributed by atoms with van der Waals surface area (Å²) in [5.74, 6) is 0.598. The standard InChI is InChI=1S/C14H22FNO/c1-11(2)10-17-8-7-13(9-16)12-3-5-14(15)6-4-12/h3-6,11,13H,7-10,16H2,1-2H3. The van der Waals surface area contributed by atoms with Crippen molar-refractivity contribution in [1.29, 1.82) is 0 Å². The molecule has 0 aliphatic rings. The van der Waals surface area contributed by atoms with E-state index in [0.717, 1.165) is 18.6 Å². The van der Waals surface area contributed by atoms with E-state index in [1.165, 1.54) is 12.1 Å². The molecule has 1 rings (SSSR count). The molecule has 0 saturated heterocycles. The zero-order chi connectivity index (χ0) is 12.7. The Labute approximate surface area is 103 Å². The van der Waals surface area contributed by atoms with Crippen molar-refractivity contribution < 1.29 is 9.13 Å². The molecule has 1 unspecified atom stereocenters. The van der Waals surface area contributed by atoms with Gasteiger partial charge in [0.25, 0.3) is 0 Å². The third kappa shape index (κ3) is 5.29. The zero-order valence-corrected chi connectivity index (χ0v) is 10.7. The lowest BCUT2D eigenvalue weighted by atomic mass is 9.96. The fourth-order valence-electron chi connectivity index (χ4n) is 1.70. The molecule has 0 saturated carbocycles. The van der Waals surface area contributed by atoms with Crippen molar-refractivity contribution in [3.63, 3.8) is 0 Å². The van der Waals surface area contributed by atoms with Crippen LogP contribution >= 0.6 is 0 Å². The van der Waals surface area contributed by atoms with Crippen LogP contribution in [0.2, 0.25) is 0 Å². The maximum Gasteiger partial charge on any atom is 0.123 e. The van der Waals surface area contributed by atoms with Crippen LogP contribution in [0.4, 0.5) is 4.39 Å². The van der Waals surface area contributed by atoms with E-state index < -0.39 is 0 Å². The Morgan fingerprint density at radius 2 is 1.88 bits per heavy atom. The number of ether oxygens (including phenoxy) is 1. The minimum absolute atomic E-state index is 0.208. The quantitative estimate of drug-likeness (QED) is 0.742. The number of halogens is 1. The first-order valence-electron chi connectivity index (χ1n) is 6.16. The van der Waals surface area contributed by atoms with Crippen LogP contribution in [0.5, 0.6) is 0 Å². The molecule has 1 aromatic rings. The van der Waals surface area contributed by atoms with Crippen LogP contribution < -0.4 is 5.73 Å². The van der Waals surface area contributed by atoms with Crippen LogP contribution in [-0.4, -0.2) is 19.8 Å². The summed E-state index contributed by atoms with van der Waals surface area (Å²) in [5, 5.41) is 0. The van der Waals surface area contributed by atoms with E-state index in [0.29, 0.717) is 19.1 Å². The summed E-state index contributed by atoms with van der Waals surface area (Å²) in [7, 11) is 0. The molecule has 0 spiro atoms. The Bertz CT molecular complexity index is 311. The van der Waals surface area contributed by atoms with Crippen molar-refractivity contribution in [3.8, 4) is 0 Å². The first-order chi connectivity index (χ1) is 8.13. The normalized spacial score (nSPS) is 13.0. The van der Waals surface area contributed by atoms with Gasteiger partial charge >= 0.3 is 0 Å². The van der Waals surface area contributed by atoms with Gasteiger partial charge in [0.1, 0.15) is 5.82 Å². The maximum absolute atomic E-state index is 12.8. The summed E-state index contributed by atoms with van der Waals surface area (Å²) in [6.07, 6.45) is 0.884. The second-order valence-electron chi connectivity index (χ2n) is 4.74. The lowest BCUT2D eigenvalue weighted by molar-refractivity contribution is 0.104. The molecule has 17 heavy (non-hydrogen) atoms. The monoisotopic (exact) mass is 239 g/mol. The fourth-order valence-corrected chi connectivity index (χ4v) is 1.70. The lowest BCUT2D eigenvalue weighted by Gasteiger charge is -2.15. The lowest BCUT2D eigenvalue weighted by Crippen LogP contribution is -2.15. The molecular weight excluding hydrogens is 217 g/mol. The maximum atomic E-state index is 12.8. The van der Waals surface area contributed by atoms with Crippen molar-refractivity contribution in [2.75, 3.05) is 19.8 Å². The first-order valence-corrected chi connectivity index (χ1v) is 6.16. The van der Waals surface area contributed by atoms with E-state index in [4.69, 9.17) is 10.5 Å². The Kier molecular flexibility index (Phi) is 6.16. The van der Waals surface area contributed by atoms with Crippen molar-refractivity contribution in [3.05, 3.63) is 35.6 Å². The largest absolute Gasteiger partial charge is 0.381 e. The van der Waals surface area contributed by atoms with Gasteiger partial charge in [0.05, 0.1) is 0 Å². The number of hydrogen-bond donors (Lipinski definition) is 1. The first kappa shape index (κ1) is 14.1. The molecule has 96 valence electrons. The topological polar surface area (TPSA) is 35.2 Å². The number of nitrogens with two attached hydrogens (primary N) is 1. The molecule has 0 radical (unpaired) electrons. The summed E-state index contributed by atoms with van der Waals surface area (Å²) in [6.45, 7) is 6.30. The van der Waals surface area contributed by atoms with Gasteiger partial charge in [-0.05, 0) is 42.5 Å². The molecular formula is C14H22FNO. The van der Waals surface area contributed by atoms with E-state index >= 15 is 0 Å².